The molecule has 0 spiro atoms. The molecule has 1 saturated heterocycles. The van der Waals surface area contributed by atoms with Gasteiger partial charge in [0.25, 0.3) is 0 Å². The van der Waals surface area contributed by atoms with E-state index >= 15 is 0 Å². The Labute approximate surface area is 186 Å². The zero-order chi connectivity index (χ0) is 21.1. The van der Waals surface area contributed by atoms with Gasteiger partial charge in [0, 0.05) is 68.4 Å². The van der Waals surface area contributed by atoms with E-state index in [2.05, 4.69) is 37.0 Å². The Morgan fingerprint density at radius 3 is 2.68 bits per heavy atom. The third kappa shape index (κ3) is 5.31. The van der Waals surface area contributed by atoms with Crippen LogP contribution in [-0.4, -0.2) is 62.5 Å². The summed E-state index contributed by atoms with van der Waals surface area (Å²) in [5, 5.41) is 14.0. The normalized spacial score (nSPS) is 14.7. The summed E-state index contributed by atoms with van der Waals surface area (Å²) in [4.78, 5) is 12.5. The predicted octanol–water partition coefficient (Wildman–Crippen LogP) is 2.65. The van der Waals surface area contributed by atoms with E-state index in [1.165, 1.54) is 6.07 Å². The Morgan fingerprint density at radius 1 is 1.19 bits per heavy atom. The molecule has 1 aromatic carbocycles. The van der Waals surface area contributed by atoms with Gasteiger partial charge in [-0.1, -0.05) is 12.2 Å². The number of hydrogen-bond donors (Lipinski definition) is 2. The summed E-state index contributed by atoms with van der Waals surface area (Å²) in [6.45, 7) is 6.08. The monoisotopic (exact) mass is 445 g/mol. The van der Waals surface area contributed by atoms with Crippen molar-refractivity contribution in [1.82, 2.24) is 24.6 Å². The number of benzene rings is 1. The number of nitrogen functional groups attached to an aromatic ring is 1. The molecular formula is C21H25ClFN7O. The molecule has 3 aromatic rings. The van der Waals surface area contributed by atoms with E-state index in [9.17, 15) is 9.50 Å². The zero-order valence-electron chi connectivity index (χ0n) is 17.1. The molecule has 1 aliphatic rings. The molecule has 0 radical (unpaired) electrons. The van der Waals surface area contributed by atoms with Crippen molar-refractivity contribution < 1.29 is 9.50 Å². The molecule has 10 heteroatoms. The molecule has 0 amide bonds. The Kier molecular flexibility index (Phi) is 7.09. The summed E-state index contributed by atoms with van der Waals surface area (Å²) in [5.74, 6) is 0.387. The molecule has 0 unspecified atom stereocenters. The van der Waals surface area contributed by atoms with Gasteiger partial charge >= 0.3 is 0 Å². The van der Waals surface area contributed by atoms with Crippen LogP contribution in [0.25, 0.3) is 11.9 Å². The van der Waals surface area contributed by atoms with E-state index in [4.69, 9.17) is 5.73 Å². The van der Waals surface area contributed by atoms with Crippen LogP contribution in [0.5, 0.6) is 5.75 Å². The molecule has 8 nitrogen and oxygen atoms in total. The highest BCUT2D eigenvalue weighted by Gasteiger charge is 2.17. The topological polar surface area (TPSA) is 96.3 Å². The number of nitrogens with zero attached hydrogens (tertiary/aromatic N) is 6. The second-order valence-corrected chi connectivity index (χ2v) is 7.23. The zero-order valence-corrected chi connectivity index (χ0v) is 18.0. The van der Waals surface area contributed by atoms with Crippen molar-refractivity contribution in [2.45, 2.75) is 6.92 Å². The molecule has 3 N–H and O–H groups in total. The Hall–Kier alpha value is -3.17. The second kappa shape index (κ2) is 9.76. The van der Waals surface area contributed by atoms with Crippen molar-refractivity contribution in [3.63, 3.8) is 0 Å². The maximum Gasteiger partial charge on any atom is 0.221 e. The van der Waals surface area contributed by atoms with Crippen LogP contribution in [0.15, 0.2) is 42.7 Å². The number of nitrogens with two attached hydrogens (primary N) is 1. The van der Waals surface area contributed by atoms with Crippen LogP contribution in [0.1, 0.15) is 11.3 Å². The minimum absolute atomic E-state index is 0. The van der Waals surface area contributed by atoms with Crippen molar-refractivity contribution in [2.24, 2.45) is 0 Å². The minimum Gasteiger partial charge on any atom is -0.508 e. The number of aromatic hydroxyl groups is 1. The first-order chi connectivity index (χ1) is 14.5. The molecule has 4 rings (SSSR count). The van der Waals surface area contributed by atoms with Gasteiger partial charge in [-0.05, 0) is 13.0 Å². The third-order valence-electron chi connectivity index (χ3n) is 5.19. The number of piperazine rings is 1. The van der Waals surface area contributed by atoms with E-state index in [1.54, 1.807) is 29.2 Å². The van der Waals surface area contributed by atoms with Gasteiger partial charge in [0.2, 0.25) is 5.95 Å². The number of phenols is 1. The molecule has 0 saturated carbocycles. The van der Waals surface area contributed by atoms with Crippen molar-refractivity contribution in [3.05, 3.63) is 59.8 Å². The molecule has 31 heavy (non-hydrogen) atoms. The average Bonchev–Trinajstić information content (AvgIpc) is 3.08. The number of hydrogen-bond acceptors (Lipinski definition) is 7. The van der Waals surface area contributed by atoms with Gasteiger partial charge < -0.3 is 15.7 Å². The van der Waals surface area contributed by atoms with Crippen LogP contribution in [0, 0.1) is 12.7 Å². The lowest BCUT2D eigenvalue weighted by molar-refractivity contribution is 0.284. The maximum atomic E-state index is 13.5. The first-order valence-electron chi connectivity index (χ1n) is 9.76. The third-order valence-corrected chi connectivity index (χ3v) is 5.19. The summed E-state index contributed by atoms with van der Waals surface area (Å²) >= 11 is 0. The summed E-state index contributed by atoms with van der Waals surface area (Å²) in [6, 6.07) is 5.95. The van der Waals surface area contributed by atoms with E-state index < -0.39 is 5.82 Å². The summed E-state index contributed by atoms with van der Waals surface area (Å²) in [7, 11) is 0. The lowest BCUT2D eigenvalue weighted by atomic mass is 10.2. The molecule has 0 atom stereocenters. The molecule has 3 heterocycles. The smallest absolute Gasteiger partial charge is 0.221 e. The van der Waals surface area contributed by atoms with Gasteiger partial charge in [-0.15, -0.1) is 12.4 Å². The number of aromatic nitrogens is 4. The molecule has 2 aromatic heterocycles. The highest BCUT2D eigenvalue weighted by Crippen LogP contribution is 2.23. The van der Waals surface area contributed by atoms with Gasteiger partial charge in [0.1, 0.15) is 11.6 Å². The van der Waals surface area contributed by atoms with Crippen molar-refractivity contribution in [2.75, 3.05) is 43.4 Å². The first-order valence-corrected chi connectivity index (χ1v) is 9.76. The van der Waals surface area contributed by atoms with Crippen LogP contribution in [0.3, 0.4) is 0 Å². The van der Waals surface area contributed by atoms with Gasteiger partial charge in [0.05, 0.1) is 11.9 Å². The van der Waals surface area contributed by atoms with Crippen LogP contribution < -0.4 is 10.6 Å². The molecule has 164 valence electrons. The lowest BCUT2D eigenvalue weighted by Gasteiger charge is -2.35. The Morgan fingerprint density at radius 2 is 1.97 bits per heavy atom. The fourth-order valence-electron chi connectivity index (χ4n) is 3.56. The predicted molar refractivity (Wildman–Crippen MR) is 121 cm³/mol. The van der Waals surface area contributed by atoms with Crippen LogP contribution >= 0.6 is 12.4 Å². The van der Waals surface area contributed by atoms with E-state index in [0.717, 1.165) is 55.7 Å². The van der Waals surface area contributed by atoms with Crippen LogP contribution in [-0.2, 0) is 0 Å². The number of anilines is 2. The SMILES string of the molecule is Cc1c(C=CCN2CCN(c3cc(O)cc(F)c3)CC2)cnn1-c1ccnc(N)n1.Cl. The van der Waals surface area contributed by atoms with Crippen LogP contribution in [0.4, 0.5) is 16.0 Å². The molecule has 0 aliphatic carbocycles. The molecular weight excluding hydrogens is 421 g/mol. The second-order valence-electron chi connectivity index (χ2n) is 7.23. The van der Waals surface area contributed by atoms with E-state index in [-0.39, 0.29) is 24.1 Å². The molecule has 0 bridgehead atoms. The van der Waals surface area contributed by atoms with Gasteiger partial charge in [-0.25, -0.2) is 14.1 Å². The van der Waals surface area contributed by atoms with E-state index in [0.29, 0.717) is 5.82 Å². The first kappa shape index (κ1) is 22.5. The lowest BCUT2D eigenvalue weighted by Crippen LogP contribution is -2.46. The minimum atomic E-state index is -0.420. The highest BCUT2D eigenvalue weighted by atomic mass is 35.5. The van der Waals surface area contributed by atoms with Gasteiger partial charge in [-0.2, -0.15) is 10.1 Å². The molecule has 1 aliphatic heterocycles. The van der Waals surface area contributed by atoms with Crippen LogP contribution in [0.2, 0.25) is 0 Å². The van der Waals surface area contributed by atoms with E-state index in [1.807, 2.05) is 6.92 Å². The Balaban J connectivity index is 0.00000272. The largest absolute Gasteiger partial charge is 0.508 e. The summed E-state index contributed by atoms with van der Waals surface area (Å²) < 4.78 is 15.3. The number of halogens is 2. The Bertz CT molecular complexity index is 1040. The number of phenolic OH excluding ortho intramolecular Hbond substituents is 1. The summed E-state index contributed by atoms with van der Waals surface area (Å²) in [6.07, 6.45) is 7.59. The standard InChI is InChI=1S/C21H24FN7O.ClH/c1-15-16(14-25-29(15)20-4-5-24-21(23)26-20)3-2-6-27-7-9-28(10-8-27)18-11-17(22)12-19(30)13-18;/h2-5,11-14,30H,6-10H2,1H3,(H2,23,24,26);1H. The quantitative estimate of drug-likeness (QED) is 0.623. The van der Waals surface area contributed by atoms with Gasteiger partial charge in [0.15, 0.2) is 5.82 Å². The van der Waals surface area contributed by atoms with Crippen molar-refractivity contribution in [3.8, 4) is 11.6 Å². The maximum absolute atomic E-state index is 13.5. The van der Waals surface area contributed by atoms with Crippen molar-refractivity contribution >= 4 is 30.1 Å². The fourth-order valence-corrected chi connectivity index (χ4v) is 3.56. The number of rotatable bonds is 5. The van der Waals surface area contributed by atoms with Gasteiger partial charge in [-0.3, -0.25) is 4.90 Å². The fraction of sp³-hybridized carbons (Fsp3) is 0.286. The molecule has 1 fully saturated rings. The highest BCUT2D eigenvalue weighted by molar-refractivity contribution is 5.85. The summed E-state index contributed by atoms with van der Waals surface area (Å²) in [5.41, 5.74) is 8.37. The average molecular weight is 446 g/mol. The van der Waals surface area contributed by atoms with Crippen molar-refractivity contribution in [1.29, 1.82) is 0 Å².